The predicted octanol–water partition coefficient (Wildman–Crippen LogP) is 2.18. The van der Waals surface area contributed by atoms with E-state index in [1.165, 1.54) is 0 Å². The fraction of sp³-hybridized carbons (Fsp3) is 0.273. The van der Waals surface area contributed by atoms with Crippen molar-refractivity contribution in [2.45, 2.75) is 19.4 Å². The molecule has 2 N–H and O–H groups in total. The average Bonchev–Trinajstić information content (AvgIpc) is 2.01. The van der Waals surface area contributed by atoms with Crippen LogP contribution < -0.4 is 0 Å². The van der Waals surface area contributed by atoms with Crippen molar-refractivity contribution in [3.63, 3.8) is 0 Å². The Hall–Kier alpha value is -1.28. The van der Waals surface area contributed by atoms with Crippen LogP contribution in [0.25, 0.3) is 6.08 Å². The summed E-state index contributed by atoms with van der Waals surface area (Å²) in [7, 11) is 0. The molecule has 70 valence electrons. The highest BCUT2D eigenvalue weighted by Crippen LogP contribution is 2.18. The number of hydrogen-bond acceptors (Lipinski definition) is 2. The normalized spacial score (nSPS) is 12.2. The van der Waals surface area contributed by atoms with Gasteiger partial charge in [0.15, 0.2) is 0 Å². The maximum Gasteiger partial charge on any atom is 0.122 e. The van der Waals surface area contributed by atoms with E-state index in [0.29, 0.717) is 5.56 Å². The largest absolute Gasteiger partial charge is 0.507 e. The fourth-order valence-electron chi connectivity index (χ4n) is 0.922. The highest BCUT2D eigenvalue weighted by atomic mass is 16.3. The Bertz CT molecular complexity index is 308. The van der Waals surface area contributed by atoms with E-state index in [9.17, 15) is 10.2 Å². The number of hydrogen-bond donors (Lipinski definition) is 2. The summed E-state index contributed by atoms with van der Waals surface area (Å²) in [5.41, 5.74) is -0.132. The van der Waals surface area contributed by atoms with Gasteiger partial charge in [-0.05, 0) is 19.9 Å². The van der Waals surface area contributed by atoms with E-state index in [-0.39, 0.29) is 5.75 Å². The van der Waals surface area contributed by atoms with Gasteiger partial charge in [0, 0.05) is 5.56 Å². The quantitative estimate of drug-likeness (QED) is 0.728. The standard InChI is InChI=1S/C11H14O2/c1-11(2,13)8-7-9-5-3-4-6-10(9)12/h3-8,12-13H,1-2H3/b8-7+. The van der Waals surface area contributed by atoms with Gasteiger partial charge in [-0.2, -0.15) is 0 Å². The number of aromatic hydroxyl groups is 1. The van der Waals surface area contributed by atoms with E-state index in [1.54, 1.807) is 44.2 Å². The van der Waals surface area contributed by atoms with Crippen LogP contribution >= 0.6 is 0 Å². The van der Waals surface area contributed by atoms with Gasteiger partial charge >= 0.3 is 0 Å². The number of benzene rings is 1. The van der Waals surface area contributed by atoms with Crippen molar-refractivity contribution in [1.29, 1.82) is 0 Å². The number of phenolic OH excluding ortho intramolecular Hbond substituents is 1. The minimum Gasteiger partial charge on any atom is -0.507 e. The van der Waals surface area contributed by atoms with Gasteiger partial charge < -0.3 is 10.2 Å². The van der Waals surface area contributed by atoms with Gasteiger partial charge in [0.05, 0.1) is 5.60 Å². The molecule has 13 heavy (non-hydrogen) atoms. The van der Waals surface area contributed by atoms with E-state index in [2.05, 4.69) is 0 Å². The molecule has 2 nitrogen and oxygen atoms in total. The van der Waals surface area contributed by atoms with Crippen molar-refractivity contribution >= 4 is 6.08 Å². The van der Waals surface area contributed by atoms with Crippen LogP contribution in [0.1, 0.15) is 19.4 Å². The molecule has 1 aromatic rings. The van der Waals surface area contributed by atoms with Crippen LogP contribution in [0.15, 0.2) is 30.3 Å². The number of aliphatic hydroxyl groups is 1. The SMILES string of the molecule is CC(C)(O)/C=C/c1ccccc1O. The summed E-state index contributed by atoms with van der Waals surface area (Å²) in [6.45, 7) is 3.37. The minimum atomic E-state index is -0.845. The van der Waals surface area contributed by atoms with Crippen LogP contribution in [0, 0.1) is 0 Å². The van der Waals surface area contributed by atoms with Crippen LogP contribution in [0.2, 0.25) is 0 Å². The van der Waals surface area contributed by atoms with Crippen LogP contribution in [0.5, 0.6) is 5.75 Å². The lowest BCUT2D eigenvalue weighted by Gasteiger charge is -2.10. The summed E-state index contributed by atoms with van der Waals surface area (Å²) in [5, 5.41) is 18.8. The minimum absolute atomic E-state index is 0.225. The number of rotatable bonds is 2. The second-order valence-corrected chi connectivity index (χ2v) is 3.55. The fourth-order valence-corrected chi connectivity index (χ4v) is 0.922. The van der Waals surface area contributed by atoms with E-state index >= 15 is 0 Å². The summed E-state index contributed by atoms with van der Waals surface area (Å²) in [6, 6.07) is 7.00. The molecular weight excluding hydrogens is 164 g/mol. The van der Waals surface area contributed by atoms with Gasteiger partial charge in [-0.25, -0.2) is 0 Å². The molecule has 0 saturated heterocycles. The van der Waals surface area contributed by atoms with E-state index in [4.69, 9.17) is 0 Å². The molecule has 0 aromatic heterocycles. The molecule has 2 heteroatoms. The summed E-state index contributed by atoms with van der Waals surface area (Å²) in [5.74, 6) is 0.225. The third-order valence-electron chi connectivity index (χ3n) is 1.61. The first-order valence-electron chi connectivity index (χ1n) is 4.19. The maximum absolute atomic E-state index is 9.40. The second kappa shape index (κ2) is 3.62. The first-order chi connectivity index (χ1) is 5.99. The van der Waals surface area contributed by atoms with Crippen molar-refractivity contribution in [1.82, 2.24) is 0 Å². The zero-order valence-electron chi connectivity index (χ0n) is 7.86. The average molecular weight is 178 g/mol. The third-order valence-corrected chi connectivity index (χ3v) is 1.61. The van der Waals surface area contributed by atoms with Crippen LogP contribution in [0.3, 0.4) is 0 Å². The summed E-state index contributed by atoms with van der Waals surface area (Å²) < 4.78 is 0. The Morgan fingerprint density at radius 2 is 1.85 bits per heavy atom. The highest BCUT2D eigenvalue weighted by molar-refractivity contribution is 5.57. The van der Waals surface area contributed by atoms with E-state index < -0.39 is 5.60 Å². The lowest BCUT2D eigenvalue weighted by Crippen LogP contribution is -2.13. The molecule has 0 amide bonds. The molecule has 0 unspecified atom stereocenters. The molecule has 0 aliphatic carbocycles. The monoisotopic (exact) mass is 178 g/mol. The molecule has 1 rings (SSSR count). The molecule has 0 saturated carbocycles. The van der Waals surface area contributed by atoms with E-state index in [0.717, 1.165) is 0 Å². The Kier molecular flexibility index (Phi) is 2.73. The smallest absolute Gasteiger partial charge is 0.122 e. The zero-order valence-corrected chi connectivity index (χ0v) is 7.86. The number of phenols is 1. The van der Waals surface area contributed by atoms with Gasteiger partial charge in [0.2, 0.25) is 0 Å². The van der Waals surface area contributed by atoms with Gasteiger partial charge in [-0.1, -0.05) is 30.4 Å². The van der Waals surface area contributed by atoms with Gasteiger partial charge in [-0.15, -0.1) is 0 Å². The number of para-hydroxylation sites is 1. The molecule has 0 radical (unpaired) electrons. The van der Waals surface area contributed by atoms with Crippen LogP contribution in [0.4, 0.5) is 0 Å². The molecule has 0 spiro atoms. The molecule has 0 fully saturated rings. The molecule has 0 aliphatic heterocycles. The lowest BCUT2D eigenvalue weighted by molar-refractivity contribution is 0.134. The molecule has 1 aromatic carbocycles. The van der Waals surface area contributed by atoms with Crippen molar-refractivity contribution in [3.05, 3.63) is 35.9 Å². The summed E-state index contributed by atoms with van der Waals surface area (Å²) >= 11 is 0. The first-order valence-corrected chi connectivity index (χ1v) is 4.19. The van der Waals surface area contributed by atoms with E-state index in [1.807, 2.05) is 6.07 Å². The lowest BCUT2D eigenvalue weighted by atomic mass is 10.1. The highest BCUT2D eigenvalue weighted by Gasteiger charge is 2.06. The van der Waals surface area contributed by atoms with Crippen LogP contribution in [-0.4, -0.2) is 15.8 Å². The van der Waals surface area contributed by atoms with Gasteiger partial charge in [0.25, 0.3) is 0 Å². The Morgan fingerprint density at radius 1 is 1.23 bits per heavy atom. The zero-order chi connectivity index (χ0) is 9.90. The summed E-state index contributed by atoms with van der Waals surface area (Å²) in [6.07, 6.45) is 3.34. The first kappa shape index (κ1) is 9.81. The second-order valence-electron chi connectivity index (χ2n) is 3.55. The Balaban J connectivity index is 2.86. The van der Waals surface area contributed by atoms with Crippen molar-refractivity contribution in [2.75, 3.05) is 0 Å². The van der Waals surface area contributed by atoms with Crippen molar-refractivity contribution in [2.24, 2.45) is 0 Å². The third kappa shape index (κ3) is 3.30. The molecule has 0 atom stereocenters. The van der Waals surface area contributed by atoms with Crippen molar-refractivity contribution < 1.29 is 10.2 Å². The topological polar surface area (TPSA) is 40.5 Å². The van der Waals surface area contributed by atoms with Gasteiger partial charge in [0.1, 0.15) is 5.75 Å². The van der Waals surface area contributed by atoms with Gasteiger partial charge in [-0.3, -0.25) is 0 Å². The van der Waals surface area contributed by atoms with Crippen molar-refractivity contribution in [3.8, 4) is 5.75 Å². The molecule has 0 bridgehead atoms. The van der Waals surface area contributed by atoms with Crippen LogP contribution in [-0.2, 0) is 0 Å². The molecule has 0 heterocycles. The molecule has 0 aliphatic rings. The maximum atomic E-state index is 9.40. The molecular formula is C11H14O2. The predicted molar refractivity (Wildman–Crippen MR) is 53.4 cm³/mol. The Morgan fingerprint density at radius 3 is 2.38 bits per heavy atom. The Labute approximate surface area is 78.2 Å². The summed E-state index contributed by atoms with van der Waals surface area (Å²) in [4.78, 5) is 0.